The normalized spacial score (nSPS) is 29.3. The number of para-hydroxylation sites is 1. The maximum absolute atomic E-state index is 5.35. The van der Waals surface area contributed by atoms with Crippen LogP contribution in [0.1, 0.15) is 73.7 Å². The van der Waals surface area contributed by atoms with Crippen molar-refractivity contribution in [2.45, 2.75) is 75.3 Å². The number of allylic oxidation sites excluding steroid dienone is 11. The molecule has 286 valence electrons. The first kappa shape index (κ1) is 34.3. The Morgan fingerprint density at radius 1 is 0.707 bits per heavy atom. The van der Waals surface area contributed by atoms with Crippen LogP contribution in [-0.2, 0) is 0 Å². The van der Waals surface area contributed by atoms with Crippen LogP contribution in [-0.4, -0.2) is 24.1 Å². The molecule has 0 radical (unpaired) electrons. The van der Waals surface area contributed by atoms with E-state index < -0.39 is 0 Å². The molecular weight excluding hydrogens is 707 g/mol. The summed E-state index contributed by atoms with van der Waals surface area (Å²) in [7, 11) is 0. The van der Waals surface area contributed by atoms with E-state index in [-0.39, 0.29) is 12.3 Å². The number of nitrogens with zero attached hydrogens (tertiary/aromatic N) is 3. The van der Waals surface area contributed by atoms with Gasteiger partial charge in [0.05, 0.1) is 17.3 Å². The fourth-order valence-corrected chi connectivity index (χ4v) is 11.4. The lowest BCUT2D eigenvalue weighted by Gasteiger charge is -2.37. The Morgan fingerprint density at radius 2 is 1.53 bits per heavy atom. The number of hydrogen-bond donors (Lipinski definition) is 2. The van der Waals surface area contributed by atoms with E-state index in [1.165, 1.54) is 74.2 Å². The summed E-state index contributed by atoms with van der Waals surface area (Å²) < 4.78 is 0. The van der Waals surface area contributed by atoms with Crippen molar-refractivity contribution in [1.82, 2.24) is 5.32 Å². The van der Waals surface area contributed by atoms with Crippen LogP contribution in [0.2, 0.25) is 0 Å². The van der Waals surface area contributed by atoms with Crippen molar-refractivity contribution in [2.24, 2.45) is 16.8 Å². The van der Waals surface area contributed by atoms with Gasteiger partial charge < -0.3 is 9.80 Å². The fraction of sp³-hybridized carbons (Fsp3) is 0.264. The average Bonchev–Trinajstić information content (AvgIpc) is 3.80. The van der Waals surface area contributed by atoms with Crippen molar-refractivity contribution in [3.63, 3.8) is 0 Å². The molecule has 7 unspecified atom stereocenters. The maximum Gasteiger partial charge on any atom is 0.230 e. The molecule has 4 aromatic rings. The molecule has 5 heteroatoms. The van der Waals surface area contributed by atoms with E-state index in [9.17, 15) is 0 Å². The summed E-state index contributed by atoms with van der Waals surface area (Å²) in [6, 6.07) is 34.6. The third kappa shape index (κ3) is 5.62. The van der Waals surface area contributed by atoms with Crippen LogP contribution < -0.4 is 20.4 Å². The van der Waals surface area contributed by atoms with Gasteiger partial charge in [0.25, 0.3) is 0 Å². The van der Waals surface area contributed by atoms with Crippen molar-refractivity contribution in [2.75, 3.05) is 9.80 Å². The van der Waals surface area contributed by atoms with Crippen molar-refractivity contribution in [1.29, 1.82) is 0 Å². The highest BCUT2D eigenvalue weighted by Gasteiger charge is 2.46. The van der Waals surface area contributed by atoms with Gasteiger partial charge in [-0.25, -0.2) is 10.3 Å². The van der Waals surface area contributed by atoms with Gasteiger partial charge in [-0.15, -0.1) is 0 Å². The van der Waals surface area contributed by atoms with E-state index in [0.29, 0.717) is 29.8 Å². The van der Waals surface area contributed by atoms with Gasteiger partial charge in [-0.1, -0.05) is 115 Å². The number of anilines is 2. The zero-order chi connectivity index (χ0) is 38.2. The van der Waals surface area contributed by atoms with Gasteiger partial charge in [0.2, 0.25) is 5.84 Å². The number of nitrogens with two attached hydrogens (primary N) is 1. The molecule has 58 heavy (non-hydrogen) atoms. The number of amidine groups is 1. The Balaban J connectivity index is 0.970. The largest absolute Gasteiger partial charge is 0.337 e. The Morgan fingerprint density at radius 3 is 2.43 bits per heavy atom. The number of hydrogen-bond acceptors (Lipinski definition) is 4. The summed E-state index contributed by atoms with van der Waals surface area (Å²) in [5.41, 5.74) is 13.7. The number of benzene rings is 4. The van der Waals surface area contributed by atoms with E-state index >= 15 is 0 Å². The fourth-order valence-electron chi connectivity index (χ4n) is 11.4. The predicted octanol–water partition coefficient (Wildman–Crippen LogP) is 10.2. The zero-order valence-electron chi connectivity index (χ0n) is 32.9. The third-order valence-corrected chi connectivity index (χ3v) is 14.1. The number of rotatable bonds is 5. The third-order valence-electron chi connectivity index (χ3n) is 14.1. The Labute approximate surface area is 341 Å². The highest BCUT2D eigenvalue weighted by molar-refractivity contribution is 5.93. The second-order valence-electron chi connectivity index (χ2n) is 17.3. The number of quaternary nitrogens is 1. The van der Waals surface area contributed by atoms with E-state index in [4.69, 9.17) is 4.99 Å². The molecular formula is C53H50N5+. The first-order valence-corrected chi connectivity index (χ1v) is 21.7. The second kappa shape index (κ2) is 14.0. The zero-order valence-corrected chi connectivity index (χ0v) is 32.9. The average molecular weight is 757 g/mol. The number of nitrogens with one attached hydrogen (secondary N) is 1. The molecule has 3 heterocycles. The predicted molar refractivity (Wildman–Crippen MR) is 237 cm³/mol. The molecule has 7 atom stereocenters. The smallest absolute Gasteiger partial charge is 0.230 e. The molecule has 1 saturated heterocycles. The molecule has 5 aliphatic carbocycles. The molecule has 3 N–H and O–H groups in total. The molecule has 0 aromatic heterocycles. The van der Waals surface area contributed by atoms with E-state index in [2.05, 4.69) is 178 Å². The van der Waals surface area contributed by atoms with Gasteiger partial charge in [0.15, 0.2) is 6.17 Å². The molecule has 4 aromatic carbocycles. The summed E-state index contributed by atoms with van der Waals surface area (Å²) in [4.78, 5) is 10.8. The van der Waals surface area contributed by atoms with Crippen LogP contribution in [0.15, 0.2) is 191 Å². The molecule has 0 bridgehead atoms. The lowest BCUT2D eigenvalue weighted by Crippen LogP contribution is -2.94. The molecule has 0 amide bonds. The Bertz CT molecular complexity index is 2610. The lowest BCUT2D eigenvalue weighted by molar-refractivity contribution is -0.599. The molecule has 5 nitrogen and oxygen atoms in total. The van der Waals surface area contributed by atoms with Crippen molar-refractivity contribution in [3.8, 4) is 0 Å². The highest BCUT2D eigenvalue weighted by atomic mass is 15.3. The summed E-state index contributed by atoms with van der Waals surface area (Å²) in [5, 5.41) is 8.98. The first-order chi connectivity index (χ1) is 28.7. The van der Waals surface area contributed by atoms with Gasteiger partial charge in [-0.05, 0) is 120 Å². The number of fused-ring (bicyclic) bond motifs is 8. The molecule has 3 aliphatic heterocycles. The quantitative estimate of drug-likeness (QED) is 0.200. The highest BCUT2D eigenvalue weighted by Crippen LogP contribution is 2.53. The number of aliphatic imine (C=N–C) groups is 1. The lowest BCUT2D eigenvalue weighted by atomic mass is 9.79. The van der Waals surface area contributed by atoms with Crippen LogP contribution in [0, 0.1) is 11.8 Å². The Kier molecular flexibility index (Phi) is 8.26. The maximum atomic E-state index is 5.35. The van der Waals surface area contributed by atoms with Crippen molar-refractivity contribution in [3.05, 3.63) is 203 Å². The minimum Gasteiger partial charge on any atom is -0.337 e. The molecule has 0 spiro atoms. The summed E-state index contributed by atoms with van der Waals surface area (Å²) >= 11 is 0. The standard InChI is InChI=1S/C53H49N5/c1-3-15-34(16-4-1)51-54-52(35-17-5-2-6-18-35)56-53(55-51)45-30-36-19-7-8-20-37(36)32-50(45)58-48-26-14-11-23-43(48)44-31-39-29-40(28-27-38(39)33-49(44)58)57-46-24-12-9-21-41(46)42-22-10-13-25-47(42)57/h1,3-5,7-9,11-13,15-21,23-25,27-28,30-33,39,42-43,47-48,52-53,56H,2,6,10,14,22,26,29H2,(H,54,55)/p+1. The van der Waals surface area contributed by atoms with Crippen LogP contribution in [0.4, 0.5) is 11.4 Å². The van der Waals surface area contributed by atoms with Crippen LogP contribution >= 0.6 is 0 Å². The summed E-state index contributed by atoms with van der Waals surface area (Å²) in [6.07, 6.45) is 34.6. The van der Waals surface area contributed by atoms with Gasteiger partial charge in [0.1, 0.15) is 6.17 Å². The van der Waals surface area contributed by atoms with E-state index in [1.54, 1.807) is 0 Å². The van der Waals surface area contributed by atoms with E-state index in [0.717, 1.165) is 43.5 Å². The molecule has 8 aliphatic rings. The molecule has 12 rings (SSSR count). The minimum absolute atomic E-state index is 0.0310. The van der Waals surface area contributed by atoms with Crippen LogP contribution in [0.5, 0.6) is 0 Å². The topological polar surface area (TPSA) is 47.5 Å². The molecule has 0 saturated carbocycles. The molecule has 1 fully saturated rings. The van der Waals surface area contributed by atoms with Crippen LogP contribution in [0.25, 0.3) is 10.8 Å². The Hall–Kier alpha value is -5.75. The van der Waals surface area contributed by atoms with Crippen LogP contribution in [0.3, 0.4) is 0 Å². The van der Waals surface area contributed by atoms with Gasteiger partial charge >= 0.3 is 0 Å². The van der Waals surface area contributed by atoms with Gasteiger partial charge in [0, 0.05) is 46.4 Å². The van der Waals surface area contributed by atoms with Gasteiger partial charge in [-0.3, -0.25) is 5.32 Å². The monoisotopic (exact) mass is 756 g/mol. The minimum atomic E-state index is -0.120. The van der Waals surface area contributed by atoms with Gasteiger partial charge in [-0.2, -0.15) is 0 Å². The van der Waals surface area contributed by atoms with Crippen molar-refractivity contribution < 1.29 is 5.32 Å². The SMILES string of the molecule is C1=CC(C2N=C(c3ccccc3)[NH2+]C(c3cc4ccccc4cc3N3C4=CC5=CC=C(N6c7ccccc7C7CCC=CC76)CC5C=C4C4C=CCCC43)N2)=CCC1. The van der Waals surface area contributed by atoms with Crippen molar-refractivity contribution >= 4 is 28.0 Å². The first-order valence-electron chi connectivity index (χ1n) is 21.7. The summed E-state index contributed by atoms with van der Waals surface area (Å²) in [6.45, 7) is 0. The summed E-state index contributed by atoms with van der Waals surface area (Å²) in [5.74, 6) is 2.36. The second-order valence-corrected chi connectivity index (χ2v) is 17.3. The van der Waals surface area contributed by atoms with E-state index in [1.807, 2.05) is 0 Å².